The molecule has 4 rings (SSSR count). The quantitative estimate of drug-likeness (QED) is 0.759. The standard InChI is InChI=1S/C22H26N4O4/c1-3-26-19(27)14-18(25-10-12-29-13-11-25)17-15-23-22(24-20(17)26,21(28)30-4-2)16-8-6-5-7-9-16/h5-9,14-15,24H,3-4,10-13H2,1-2H3. The normalized spacial score (nSPS) is 20.4. The summed E-state index contributed by atoms with van der Waals surface area (Å²) < 4.78 is 12.5. The Morgan fingerprint density at radius 2 is 1.97 bits per heavy atom. The van der Waals surface area contributed by atoms with Crippen molar-refractivity contribution in [1.82, 2.24) is 4.57 Å². The number of aliphatic imine (C=N–C) groups is 1. The van der Waals surface area contributed by atoms with Crippen LogP contribution >= 0.6 is 0 Å². The summed E-state index contributed by atoms with van der Waals surface area (Å²) in [6, 6.07) is 10.9. The maximum atomic E-state index is 13.1. The van der Waals surface area contributed by atoms with Crippen molar-refractivity contribution in [2.75, 3.05) is 43.1 Å². The molecule has 1 fully saturated rings. The minimum Gasteiger partial charge on any atom is -0.463 e. The van der Waals surface area contributed by atoms with Gasteiger partial charge in [-0.05, 0) is 13.8 Å². The maximum absolute atomic E-state index is 13.1. The van der Waals surface area contributed by atoms with E-state index in [4.69, 9.17) is 9.47 Å². The van der Waals surface area contributed by atoms with E-state index in [1.54, 1.807) is 23.8 Å². The lowest BCUT2D eigenvalue weighted by Gasteiger charge is -2.37. The number of fused-ring (bicyclic) bond motifs is 1. The van der Waals surface area contributed by atoms with Gasteiger partial charge in [0.15, 0.2) is 0 Å². The summed E-state index contributed by atoms with van der Waals surface area (Å²) in [5.74, 6) is 0.0587. The van der Waals surface area contributed by atoms with E-state index in [1.807, 2.05) is 37.3 Å². The number of ether oxygens (including phenoxy) is 2. The number of nitrogens with one attached hydrogen (secondary N) is 1. The van der Waals surface area contributed by atoms with Crippen molar-refractivity contribution in [1.29, 1.82) is 0 Å². The van der Waals surface area contributed by atoms with Gasteiger partial charge < -0.3 is 19.7 Å². The average molecular weight is 410 g/mol. The van der Waals surface area contributed by atoms with Crippen LogP contribution in [0.15, 0.2) is 46.2 Å². The van der Waals surface area contributed by atoms with Gasteiger partial charge in [0.1, 0.15) is 5.82 Å². The van der Waals surface area contributed by atoms with Gasteiger partial charge in [0.25, 0.3) is 11.2 Å². The Morgan fingerprint density at radius 3 is 2.63 bits per heavy atom. The number of rotatable bonds is 5. The zero-order chi connectivity index (χ0) is 21.1. The number of benzene rings is 1. The molecular weight excluding hydrogens is 384 g/mol. The van der Waals surface area contributed by atoms with Gasteiger partial charge >= 0.3 is 5.97 Å². The molecule has 0 radical (unpaired) electrons. The summed E-state index contributed by atoms with van der Waals surface area (Å²) in [4.78, 5) is 32.8. The number of hydrogen-bond donors (Lipinski definition) is 1. The van der Waals surface area contributed by atoms with Gasteiger partial charge in [-0.2, -0.15) is 0 Å². The van der Waals surface area contributed by atoms with Crippen molar-refractivity contribution in [3.05, 3.63) is 57.9 Å². The van der Waals surface area contributed by atoms with Crippen LogP contribution < -0.4 is 15.8 Å². The Balaban J connectivity index is 1.89. The Hall–Kier alpha value is -3.13. The third-order valence-corrected chi connectivity index (χ3v) is 5.44. The van der Waals surface area contributed by atoms with Crippen molar-refractivity contribution in [2.24, 2.45) is 4.99 Å². The van der Waals surface area contributed by atoms with Crippen molar-refractivity contribution in [3.63, 3.8) is 0 Å². The summed E-state index contributed by atoms with van der Waals surface area (Å²) in [6.07, 6.45) is 1.69. The molecule has 0 amide bonds. The first-order valence-electron chi connectivity index (χ1n) is 10.3. The zero-order valence-electron chi connectivity index (χ0n) is 17.3. The van der Waals surface area contributed by atoms with Gasteiger partial charge in [0, 0.05) is 37.5 Å². The first-order chi connectivity index (χ1) is 14.6. The molecule has 1 aromatic heterocycles. The predicted molar refractivity (Wildman–Crippen MR) is 115 cm³/mol. The summed E-state index contributed by atoms with van der Waals surface area (Å²) in [6.45, 7) is 6.94. The van der Waals surface area contributed by atoms with Crippen LogP contribution in [0.4, 0.5) is 11.5 Å². The van der Waals surface area contributed by atoms with Crippen LogP contribution in [0, 0.1) is 0 Å². The van der Waals surface area contributed by atoms with E-state index < -0.39 is 11.6 Å². The third-order valence-electron chi connectivity index (χ3n) is 5.44. The Morgan fingerprint density at radius 1 is 1.23 bits per heavy atom. The molecule has 2 aromatic rings. The number of carbonyl (C=O) groups excluding carboxylic acids is 1. The van der Waals surface area contributed by atoms with E-state index >= 15 is 0 Å². The molecule has 0 saturated carbocycles. The van der Waals surface area contributed by atoms with Crippen LogP contribution in [-0.4, -0.2) is 49.7 Å². The first kappa shape index (κ1) is 20.2. The number of anilines is 2. The molecular formula is C22H26N4O4. The topological polar surface area (TPSA) is 85.2 Å². The molecule has 0 bridgehead atoms. The molecule has 2 aliphatic rings. The van der Waals surface area contributed by atoms with Crippen LogP contribution in [0.1, 0.15) is 25.0 Å². The van der Waals surface area contributed by atoms with E-state index in [9.17, 15) is 9.59 Å². The minimum absolute atomic E-state index is 0.133. The van der Waals surface area contributed by atoms with Crippen molar-refractivity contribution in [2.45, 2.75) is 26.1 Å². The van der Waals surface area contributed by atoms with Crippen LogP contribution in [0.2, 0.25) is 0 Å². The van der Waals surface area contributed by atoms with Crippen LogP contribution in [0.25, 0.3) is 0 Å². The fourth-order valence-electron chi connectivity index (χ4n) is 3.94. The molecule has 30 heavy (non-hydrogen) atoms. The molecule has 3 heterocycles. The van der Waals surface area contributed by atoms with Crippen LogP contribution in [0.3, 0.4) is 0 Å². The maximum Gasteiger partial charge on any atom is 0.359 e. The van der Waals surface area contributed by atoms with Gasteiger partial charge in [-0.3, -0.25) is 9.36 Å². The molecule has 0 spiro atoms. The first-order valence-corrected chi connectivity index (χ1v) is 10.3. The lowest BCUT2D eigenvalue weighted by Crippen LogP contribution is -2.47. The molecule has 2 aliphatic heterocycles. The summed E-state index contributed by atoms with van der Waals surface area (Å²) in [5.41, 5.74) is 0.652. The lowest BCUT2D eigenvalue weighted by atomic mass is 9.97. The van der Waals surface area contributed by atoms with Gasteiger partial charge in [-0.25, -0.2) is 9.79 Å². The fourth-order valence-corrected chi connectivity index (χ4v) is 3.94. The number of esters is 1. The Labute approximate surface area is 175 Å². The molecule has 1 aromatic carbocycles. The number of hydrogen-bond acceptors (Lipinski definition) is 7. The number of carbonyl (C=O) groups is 1. The monoisotopic (exact) mass is 410 g/mol. The summed E-state index contributed by atoms with van der Waals surface area (Å²) in [7, 11) is 0. The fraction of sp³-hybridized carbons (Fsp3) is 0.409. The number of morpholine rings is 1. The molecule has 158 valence electrons. The third kappa shape index (κ3) is 3.37. The predicted octanol–water partition coefficient (Wildman–Crippen LogP) is 1.97. The minimum atomic E-state index is -1.45. The number of aromatic nitrogens is 1. The van der Waals surface area contributed by atoms with Gasteiger partial charge in [-0.1, -0.05) is 30.3 Å². The Kier molecular flexibility index (Phi) is 5.59. The smallest absolute Gasteiger partial charge is 0.359 e. The highest BCUT2D eigenvalue weighted by Crippen LogP contribution is 2.37. The highest BCUT2D eigenvalue weighted by Gasteiger charge is 2.45. The van der Waals surface area contributed by atoms with Crippen LogP contribution in [0.5, 0.6) is 0 Å². The van der Waals surface area contributed by atoms with Crippen molar-refractivity contribution < 1.29 is 14.3 Å². The largest absolute Gasteiger partial charge is 0.463 e. The lowest BCUT2D eigenvalue weighted by molar-refractivity contribution is -0.148. The summed E-state index contributed by atoms with van der Waals surface area (Å²) >= 11 is 0. The highest BCUT2D eigenvalue weighted by atomic mass is 16.5. The second-order valence-corrected chi connectivity index (χ2v) is 7.15. The molecule has 0 aliphatic carbocycles. The molecule has 8 nitrogen and oxygen atoms in total. The SMILES string of the molecule is CCOC(=O)C1(c2ccccc2)N=Cc2c(N3CCOCC3)cc(=O)n(CC)c2N1. The van der Waals surface area contributed by atoms with Crippen molar-refractivity contribution >= 4 is 23.7 Å². The average Bonchev–Trinajstić information content (AvgIpc) is 2.79. The second-order valence-electron chi connectivity index (χ2n) is 7.15. The van der Waals surface area contributed by atoms with Crippen LogP contribution in [-0.2, 0) is 26.5 Å². The van der Waals surface area contributed by atoms with E-state index in [2.05, 4.69) is 15.2 Å². The van der Waals surface area contributed by atoms with E-state index in [1.165, 1.54) is 0 Å². The zero-order valence-corrected chi connectivity index (χ0v) is 17.3. The van der Waals surface area contributed by atoms with Gasteiger partial charge in [-0.15, -0.1) is 0 Å². The van der Waals surface area contributed by atoms with E-state index in [0.29, 0.717) is 44.2 Å². The van der Waals surface area contributed by atoms with Gasteiger partial charge in [0.05, 0.1) is 31.1 Å². The van der Waals surface area contributed by atoms with E-state index in [0.717, 1.165) is 11.3 Å². The highest BCUT2D eigenvalue weighted by molar-refractivity contribution is 6.00. The number of nitrogens with zero attached hydrogens (tertiary/aromatic N) is 3. The van der Waals surface area contributed by atoms with E-state index in [-0.39, 0.29) is 12.2 Å². The second kappa shape index (κ2) is 8.31. The van der Waals surface area contributed by atoms with Gasteiger partial charge in [0.2, 0.25) is 0 Å². The summed E-state index contributed by atoms with van der Waals surface area (Å²) in [5, 5.41) is 3.28. The molecule has 1 saturated heterocycles. The number of pyridine rings is 1. The van der Waals surface area contributed by atoms with Crippen molar-refractivity contribution in [3.8, 4) is 0 Å². The molecule has 1 N–H and O–H groups in total. The molecule has 1 atom stereocenters. The molecule has 1 unspecified atom stereocenters. The Bertz CT molecular complexity index is 1010. The molecule has 8 heteroatoms.